The van der Waals surface area contributed by atoms with Crippen molar-refractivity contribution in [3.63, 3.8) is 0 Å². The van der Waals surface area contributed by atoms with Crippen molar-refractivity contribution in [2.24, 2.45) is 0 Å². The van der Waals surface area contributed by atoms with Crippen LogP contribution in [-0.4, -0.2) is 20.7 Å². The number of rotatable bonds is 7. The molecule has 1 amide bonds. The molecule has 0 saturated carbocycles. The molecule has 0 aliphatic heterocycles. The van der Waals surface area contributed by atoms with Gasteiger partial charge in [-0.3, -0.25) is 9.36 Å². The fourth-order valence-electron chi connectivity index (χ4n) is 2.98. The number of benzene rings is 3. The second kappa shape index (κ2) is 10.0. The number of thioether (sulfide) groups is 1. The van der Waals surface area contributed by atoms with Gasteiger partial charge in [0.15, 0.2) is 11.0 Å². The molecule has 0 spiro atoms. The molecule has 31 heavy (non-hydrogen) atoms. The first-order chi connectivity index (χ1) is 15.1. The number of hydrogen-bond donors (Lipinski definition) is 1. The Morgan fingerprint density at radius 3 is 2.39 bits per heavy atom. The van der Waals surface area contributed by atoms with Crippen LogP contribution in [0.2, 0.25) is 10.0 Å². The topological polar surface area (TPSA) is 59.8 Å². The van der Waals surface area contributed by atoms with Gasteiger partial charge in [-0.1, -0.05) is 83.5 Å². The van der Waals surface area contributed by atoms with Crippen LogP contribution in [0.3, 0.4) is 0 Å². The number of amides is 1. The Morgan fingerprint density at radius 2 is 1.65 bits per heavy atom. The Kier molecular flexibility index (Phi) is 6.92. The van der Waals surface area contributed by atoms with Gasteiger partial charge < -0.3 is 5.32 Å². The Labute approximate surface area is 194 Å². The molecule has 0 atom stereocenters. The third-order valence-corrected chi connectivity index (χ3v) is 6.06. The molecule has 0 bridgehead atoms. The van der Waals surface area contributed by atoms with Crippen LogP contribution in [0.25, 0.3) is 5.69 Å². The summed E-state index contributed by atoms with van der Waals surface area (Å²) < 4.78 is 1.84. The van der Waals surface area contributed by atoms with E-state index >= 15 is 0 Å². The zero-order valence-corrected chi connectivity index (χ0v) is 18.7. The lowest BCUT2D eigenvalue weighted by Crippen LogP contribution is -2.24. The lowest BCUT2D eigenvalue weighted by Gasteiger charge is -2.13. The molecule has 1 aromatic heterocycles. The van der Waals surface area contributed by atoms with Crippen LogP contribution in [0.1, 0.15) is 21.7 Å². The van der Waals surface area contributed by atoms with E-state index in [2.05, 4.69) is 27.6 Å². The van der Waals surface area contributed by atoms with Crippen molar-refractivity contribution in [2.45, 2.75) is 17.5 Å². The van der Waals surface area contributed by atoms with Crippen molar-refractivity contribution in [2.75, 3.05) is 0 Å². The average molecular weight is 469 g/mol. The Morgan fingerprint density at radius 1 is 0.935 bits per heavy atom. The number of carbonyl (C=O) groups is 1. The molecule has 0 unspecified atom stereocenters. The van der Waals surface area contributed by atoms with E-state index in [1.165, 1.54) is 11.8 Å². The molecule has 1 heterocycles. The third-order valence-electron chi connectivity index (χ3n) is 4.50. The average Bonchev–Trinajstić information content (AvgIpc) is 3.21. The van der Waals surface area contributed by atoms with Gasteiger partial charge in [-0.25, -0.2) is 0 Å². The Hall–Kier alpha value is -2.80. The van der Waals surface area contributed by atoms with Crippen molar-refractivity contribution in [3.8, 4) is 5.69 Å². The number of nitrogens with one attached hydrogen (secondary N) is 1. The monoisotopic (exact) mass is 468 g/mol. The highest BCUT2D eigenvalue weighted by molar-refractivity contribution is 7.98. The summed E-state index contributed by atoms with van der Waals surface area (Å²) in [5.41, 5.74) is 2.41. The van der Waals surface area contributed by atoms with Crippen molar-refractivity contribution in [3.05, 3.63) is 106 Å². The number of carbonyl (C=O) groups excluding carboxylic acids is 1. The van der Waals surface area contributed by atoms with E-state index in [0.29, 0.717) is 38.0 Å². The summed E-state index contributed by atoms with van der Waals surface area (Å²) in [5.74, 6) is 1.09. The van der Waals surface area contributed by atoms with Gasteiger partial charge in [-0.2, -0.15) is 0 Å². The standard InChI is InChI=1S/C23H18Cl2N4OS/c24-18-11-12-19(25)20(13-18)29-21(14-26-22(30)17-9-5-2-6-10-17)27-28-23(29)31-15-16-7-3-1-4-8-16/h1-13H,14-15H2,(H,26,30). The van der Waals surface area contributed by atoms with Gasteiger partial charge in [0.05, 0.1) is 17.3 Å². The summed E-state index contributed by atoms with van der Waals surface area (Å²) in [7, 11) is 0. The normalized spacial score (nSPS) is 10.8. The molecule has 3 aromatic carbocycles. The van der Waals surface area contributed by atoms with Crippen LogP contribution in [0, 0.1) is 0 Å². The van der Waals surface area contributed by atoms with E-state index in [9.17, 15) is 4.79 Å². The predicted molar refractivity (Wildman–Crippen MR) is 125 cm³/mol. The first kappa shape index (κ1) is 21.4. The highest BCUT2D eigenvalue weighted by atomic mass is 35.5. The third kappa shape index (κ3) is 5.28. The Bertz CT molecular complexity index is 1180. The van der Waals surface area contributed by atoms with Gasteiger partial charge in [-0.15, -0.1) is 10.2 Å². The summed E-state index contributed by atoms with van der Waals surface area (Å²) in [6.07, 6.45) is 0. The van der Waals surface area contributed by atoms with Gasteiger partial charge in [0.2, 0.25) is 0 Å². The van der Waals surface area contributed by atoms with E-state index in [1.54, 1.807) is 30.3 Å². The minimum absolute atomic E-state index is 0.189. The molecule has 5 nitrogen and oxygen atoms in total. The maximum atomic E-state index is 12.5. The molecular formula is C23H18Cl2N4OS. The van der Waals surface area contributed by atoms with Gasteiger partial charge in [0, 0.05) is 16.3 Å². The van der Waals surface area contributed by atoms with E-state index in [1.807, 2.05) is 41.0 Å². The van der Waals surface area contributed by atoms with E-state index < -0.39 is 0 Å². The SMILES string of the molecule is O=C(NCc1nnc(SCc2ccccc2)n1-c1cc(Cl)ccc1Cl)c1ccccc1. The molecular weight excluding hydrogens is 451 g/mol. The van der Waals surface area contributed by atoms with E-state index in [4.69, 9.17) is 23.2 Å². The molecule has 0 aliphatic carbocycles. The van der Waals surface area contributed by atoms with Crippen molar-refractivity contribution >= 4 is 40.9 Å². The Balaban J connectivity index is 1.62. The fourth-order valence-corrected chi connectivity index (χ4v) is 4.27. The molecule has 1 N–H and O–H groups in total. The first-order valence-corrected chi connectivity index (χ1v) is 11.3. The predicted octanol–water partition coefficient (Wildman–Crippen LogP) is 5.80. The first-order valence-electron chi connectivity index (χ1n) is 9.51. The molecule has 156 valence electrons. The van der Waals surface area contributed by atoms with Gasteiger partial charge in [-0.05, 0) is 35.9 Å². The van der Waals surface area contributed by atoms with Crippen LogP contribution in [0.15, 0.2) is 84.0 Å². The lowest BCUT2D eigenvalue weighted by atomic mass is 10.2. The molecule has 0 saturated heterocycles. The second-order valence-corrected chi connectivity index (χ2v) is 8.44. The zero-order valence-electron chi connectivity index (χ0n) is 16.3. The molecule has 0 aliphatic rings. The summed E-state index contributed by atoms with van der Waals surface area (Å²) in [6.45, 7) is 0.190. The second-order valence-electron chi connectivity index (χ2n) is 6.65. The number of aromatic nitrogens is 3. The van der Waals surface area contributed by atoms with Crippen molar-refractivity contribution < 1.29 is 4.79 Å². The number of nitrogens with zero attached hydrogens (tertiary/aromatic N) is 3. The van der Waals surface area contributed by atoms with Crippen LogP contribution >= 0.6 is 35.0 Å². The highest BCUT2D eigenvalue weighted by Crippen LogP contribution is 2.30. The summed E-state index contributed by atoms with van der Waals surface area (Å²) in [6, 6.07) is 24.3. The summed E-state index contributed by atoms with van der Waals surface area (Å²) in [5, 5.41) is 13.3. The lowest BCUT2D eigenvalue weighted by molar-refractivity contribution is 0.0949. The van der Waals surface area contributed by atoms with E-state index in [0.717, 1.165) is 5.56 Å². The molecule has 4 aromatic rings. The maximum absolute atomic E-state index is 12.5. The molecule has 0 fully saturated rings. The zero-order chi connectivity index (χ0) is 21.6. The number of halogens is 2. The van der Waals surface area contributed by atoms with Crippen LogP contribution in [-0.2, 0) is 12.3 Å². The molecule has 4 rings (SSSR count). The van der Waals surface area contributed by atoms with Crippen LogP contribution in [0.4, 0.5) is 0 Å². The summed E-state index contributed by atoms with van der Waals surface area (Å²) in [4.78, 5) is 12.5. The van der Waals surface area contributed by atoms with Crippen LogP contribution in [0.5, 0.6) is 0 Å². The maximum Gasteiger partial charge on any atom is 0.251 e. The molecule has 8 heteroatoms. The van der Waals surface area contributed by atoms with Crippen LogP contribution < -0.4 is 5.32 Å². The molecule has 0 radical (unpaired) electrons. The van der Waals surface area contributed by atoms with Crippen molar-refractivity contribution in [1.29, 1.82) is 0 Å². The van der Waals surface area contributed by atoms with E-state index in [-0.39, 0.29) is 12.5 Å². The number of hydrogen-bond acceptors (Lipinski definition) is 4. The van der Waals surface area contributed by atoms with Gasteiger partial charge in [0.1, 0.15) is 0 Å². The minimum Gasteiger partial charge on any atom is -0.345 e. The van der Waals surface area contributed by atoms with Gasteiger partial charge >= 0.3 is 0 Å². The van der Waals surface area contributed by atoms with Crippen molar-refractivity contribution in [1.82, 2.24) is 20.1 Å². The quantitative estimate of drug-likeness (QED) is 0.348. The highest BCUT2D eigenvalue weighted by Gasteiger charge is 2.18. The minimum atomic E-state index is -0.189. The smallest absolute Gasteiger partial charge is 0.251 e. The largest absolute Gasteiger partial charge is 0.345 e. The summed E-state index contributed by atoms with van der Waals surface area (Å²) >= 11 is 14.2. The fraction of sp³-hybridized carbons (Fsp3) is 0.0870. The van der Waals surface area contributed by atoms with Gasteiger partial charge in [0.25, 0.3) is 5.91 Å².